The molecular formula is C15H19N3O2. The van der Waals surface area contributed by atoms with Gasteiger partial charge in [0.15, 0.2) is 11.6 Å². The summed E-state index contributed by atoms with van der Waals surface area (Å²) in [7, 11) is 3.32. The van der Waals surface area contributed by atoms with Crippen LogP contribution in [0.15, 0.2) is 10.9 Å². The van der Waals surface area contributed by atoms with Crippen LogP contribution in [0.3, 0.4) is 0 Å². The van der Waals surface area contributed by atoms with Gasteiger partial charge in [-0.25, -0.2) is 9.48 Å². The van der Waals surface area contributed by atoms with Gasteiger partial charge < -0.3 is 0 Å². The summed E-state index contributed by atoms with van der Waals surface area (Å²) in [6, 6.07) is 1.90. The van der Waals surface area contributed by atoms with Crippen molar-refractivity contribution in [1.29, 1.82) is 0 Å². The summed E-state index contributed by atoms with van der Waals surface area (Å²) in [5.74, 6) is 0.617. The zero-order chi connectivity index (χ0) is 15.2. The highest BCUT2D eigenvalue weighted by Crippen LogP contribution is 2.30. The largest absolute Gasteiger partial charge is 0.345 e. The second-order valence-electron chi connectivity index (χ2n) is 5.21. The summed E-state index contributed by atoms with van der Waals surface area (Å²) < 4.78 is 2.82. The first-order valence-corrected chi connectivity index (χ1v) is 6.47. The second kappa shape index (κ2) is 4.74. The van der Waals surface area contributed by atoms with Crippen molar-refractivity contribution in [2.24, 2.45) is 14.1 Å². The van der Waals surface area contributed by atoms with Crippen LogP contribution in [0.2, 0.25) is 0 Å². The molecule has 0 saturated carbocycles. The first-order chi connectivity index (χ1) is 9.25. The van der Waals surface area contributed by atoms with Crippen LogP contribution in [0.25, 0.3) is 11.4 Å². The molecule has 0 amide bonds. The number of aromatic nitrogens is 3. The summed E-state index contributed by atoms with van der Waals surface area (Å²) >= 11 is 0. The summed E-state index contributed by atoms with van der Waals surface area (Å²) in [5.41, 5.74) is 4.31. The molecule has 0 bridgehead atoms. The van der Waals surface area contributed by atoms with Gasteiger partial charge in [0, 0.05) is 25.2 Å². The van der Waals surface area contributed by atoms with Gasteiger partial charge in [0.05, 0.1) is 0 Å². The predicted octanol–water partition coefficient (Wildman–Crippen LogP) is 1.91. The Hall–Kier alpha value is -2.17. The van der Waals surface area contributed by atoms with Gasteiger partial charge in [-0.15, -0.1) is 5.10 Å². The van der Waals surface area contributed by atoms with Crippen LogP contribution in [0.4, 0.5) is 0 Å². The van der Waals surface area contributed by atoms with Gasteiger partial charge >= 0.3 is 5.69 Å². The Morgan fingerprint density at radius 3 is 2.20 bits per heavy atom. The third-order valence-corrected chi connectivity index (χ3v) is 3.84. The topological polar surface area (TPSA) is 56.9 Å². The molecule has 20 heavy (non-hydrogen) atoms. The van der Waals surface area contributed by atoms with Crippen LogP contribution >= 0.6 is 0 Å². The first-order valence-electron chi connectivity index (χ1n) is 6.47. The summed E-state index contributed by atoms with van der Waals surface area (Å²) in [4.78, 5) is 23.7. The van der Waals surface area contributed by atoms with E-state index >= 15 is 0 Å². The van der Waals surface area contributed by atoms with E-state index in [9.17, 15) is 9.59 Å². The molecule has 2 aromatic rings. The van der Waals surface area contributed by atoms with Crippen molar-refractivity contribution < 1.29 is 4.79 Å². The van der Waals surface area contributed by atoms with Crippen LogP contribution in [-0.4, -0.2) is 20.1 Å². The van der Waals surface area contributed by atoms with Gasteiger partial charge in [-0.05, 0) is 50.5 Å². The molecule has 1 aromatic heterocycles. The Labute approximate surface area is 117 Å². The van der Waals surface area contributed by atoms with Crippen molar-refractivity contribution >= 4 is 5.78 Å². The number of benzene rings is 1. The highest BCUT2D eigenvalue weighted by molar-refractivity contribution is 5.97. The molecule has 0 spiro atoms. The number of carbonyl (C=O) groups is 1. The van der Waals surface area contributed by atoms with Gasteiger partial charge in [0.1, 0.15) is 0 Å². The number of hydrogen-bond acceptors (Lipinski definition) is 3. The SMILES string of the molecule is CC(=O)c1cc(C)c(C)c(-c2nn(C)c(=O)n2C)c1C. The maximum atomic E-state index is 11.9. The maximum Gasteiger partial charge on any atom is 0.345 e. The summed E-state index contributed by atoms with van der Waals surface area (Å²) in [6.45, 7) is 7.41. The third kappa shape index (κ3) is 1.99. The van der Waals surface area contributed by atoms with Crippen LogP contribution in [0.1, 0.15) is 34.0 Å². The molecule has 0 aliphatic heterocycles. The lowest BCUT2D eigenvalue weighted by Gasteiger charge is -2.14. The number of rotatable bonds is 2. The zero-order valence-corrected chi connectivity index (χ0v) is 12.7. The maximum absolute atomic E-state index is 11.9. The van der Waals surface area contributed by atoms with Crippen LogP contribution in [0.5, 0.6) is 0 Å². The highest BCUT2D eigenvalue weighted by Gasteiger charge is 2.19. The zero-order valence-electron chi connectivity index (χ0n) is 12.7. The molecule has 0 radical (unpaired) electrons. The van der Waals surface area contributed by atoms with E-state index in [2.05, 4.69) is 5.10 Å². The molecule has 0 fully saturated rings. The lowest BCUT2D eigenvalue weighted by molar-refractivity contribution is 0.101. The van der Waals surface area contributed by atoms with E-state index in [1.807, 2.05) is 26.8 Å². The molecule has 5 heteroatoms. The van der Waals surface area contributed by atoms with Gasteiger partial charge in [-0.1, -0.05) is 0 Å². The van der Waals surface area contributed by atoms with E-state index in [0.29, 0.717) is 11.4 Å². The minimum absolute atomic E-state index is 0.0211. The molecule has 0 N–H and O–H groups in total. The lowest BCUT2D eigenvalue weighted by atomic mass is 9.91. The molecule has 0 aliphatic rings. The fraction of sp³-hybridized carbons (Fsp3) is 0.400. The number of carbonyl (C=O) groups excluding carboxylic acids is 1. The molecule has 1 heterocycles. The molecule has 5 nitrogen and oxygen atoms in total. The number of hydrogen-bond donors (Lipinski definition) is 0. The minimum Gasteiger partial charge on any atom is -0.295 e. The monoisotopic (exact) mass is 273 g/mol. The van der Waals surface area contributed by atoms with Crippen LogP contribution in [0, 0.1) is 20.8 Å². The van der Waals surface area contributed by atoms with Gasteiger partial charge in [0.25, 0.3) is 0 Å². The quantitative estimate of drug-likeness (QED) is 0.785. The van der Waals surface area contributed by atoms with E-state index in [-0.39, 0.29) is 11.5 Å². The molecule has 1 aromatic carbocycles. The summed E-state index contributed by atoms with van der Waals surface area (Å²) in [5, 5.41) is 4.30. The van der Waals surface area contributed by atoms with Crippen molar-refractivity contribution in [2.45, 2.75) is 27.7 Å². The fourth-order valence-electron chi connectivity index (χ4n) is 2.52. The molecule has 0 aliphatic carbocycles. The molecular weight excluding hydrogens is 254 g/mol. The van der Waals surface area contributed by atoms with Crippen LogP contribution in [-0.2, 0) is 14.1 Å². The van der Waals surface area contributed by atoms with E-state index in [4.69, 9.17) is 0 Å². The predicted molar refractivity (Wildman–Crippen MR) is 78.1 cm³/mol. The standard InChI is InChI=1S/C15H19N3O2/c1-8-7-12(11(4)19)10(3)13(9(8)2)14-16-18(6)15(20)17(14)5/h7H,1-6H3. The molecule has 0 unspecified atom stereocenters. The van der Waals surface area contributed by atoms with Gasteiger partial charge in [0.2, 0.25) is 0 Å². The Morgan fingerprint density at radius 2 is 1.75 bits per heavy atom. The molecule has 0 saturated heterocycles. The van der Waals surface area contributed by atoms with E-state index < -0.39 is 0 Å². The normalized spacial score (nSPS) is 10.9. The first kappa shape index (κ1) is 14.2. The second-order valence-corrected chi connectivity index (χ2v) is 5.21. The van der Waals surface area contributed by atoms with Crippen LogP contribution < -0.4 is 5.69 Å². The average Bonchev–Trinajstić information content (AvgIpc) is 2.62. The van der Waals surface area contributed by atoms with E-state index in [1.165, 1.54) is 9.25 Å². The van der Waals surface area contributed by atoms with Crippen molar-refractivity contribution in [2.75, 3.05) is 0 Å². The van der Waals surface area contributed by atoms with Crippen molar-refractivity contribution in [3.63, 3.8) is 0 Å². The van der Waals surface area contributed by atoms with Crippen molar-refractivity contribution in [3.8, 4) is 11.4 Å². The van der Waals surface area contributed by atoms with Gasteiger partial charge in [-0.3, -0.25) is 9.36 Å². The smallest absolute Gasteiger partial charge is 0.295 e. The molecule has 0 atom stereocenters. The molecule has 2 rings (SSSR count). The number of aryl methyl sites for hydroxylation is 2. The van der Waals surface area contributed by atoms with Crippen molar-refractivity contribution in [3.05, 3.63) is 38.8 Å². The third-order valence-electron chi connectivity index (χ3n) is 3.84. The Morgan fingerprint density at radius 1 is 1.15 bits per heavy atom. The van der Waals surface area contributed by atoms with Gasteiger partial charge in [-0.2, -0.15) is 0 Å². The summed E-state index contributed by atoms with van der Waals surface area (Å²) in [6.07, 6.45) is 0. The Kier molecular flexibility index (Phi) is 3.38. The number of ketones is 1. The fourth-order valence-corrected chi connectivity index (χ4v) is 2.52. The highest BCUT2D eigenvalue weighted by atomic mass is 16.2. The minimum atomic E-state index is -0.176. The van der Waals surface area contributed by atoms with Crippen molar-refractivity contribution in [1.82, 2.24) is 14.3 Å². The Bertz CT molecular complexity index is 766. The Balaban J connectivity index is 2.89. The molecule has 106 valence electrons. The number of Topliss-reactive ketones (excluding diaryl/α,β-unsaturated/α-hetero) is 1. The van der Waals surface area contributed by atoms with E-state index in [1.54, 1.807) is 21.0 Å². The lowest BCUT2D eigenvalue weighted by Crippen LogP contribution is -2.20. The van der Waals surface area contributed by atoms with E-state index in [0.717, 1.165) is 22.3 Å². The number of nitrogens with zero attached hydrogens (tertiary/aromatic N) is 3. The average molecular weight is 273 g/mol.